The molecule has 2 aliphatic rings. The van der Waals surface area contributed by atoms with Crippen LogP contribution in [0.1, 0.15) is 22.6 Å². The monoisotopic (exact) mass is 496 g/mol. The van der Waals surface area contributed by atoms with E-state index in [1.807, 2.05) is 12.1 Å². The molecule has 2 heteroatoms. The summed E-state index contributed by atoms with van der Waals surface area (Å²) in [5.41, 5.74) is 15.3. The molecular weight excluding hydrogens is 476 g/mol. The first-order valence-corrected chi connectivity index (χ1v) is 13.5. The molecule has 0 fully saturated rings. The Balaban J connectivity index is 1.39. The maximum atomic E-state index is 6.65. The van der Waals surface area contributed by atoms with Crippen molar-refractivity contribution in [2.24, 2.45) is 0 Å². The van der Waals surface area contributed by atoms with Crippen molar-refractivity contribution in [2.45, 2.75) is 5.92 Å². The number of benzene rings is 6. The fourth-order valence-corrected chi connectivity index (χ4v) is 7.30. The Morgan fingerprint density at radius 2 is 0.897 bits per heavy atom. The van der Waals surface area contributed by atoms with Crippen LogP contribution in [-0.2, 0) is 0 Å². The predicted molar refractivity (Wildman–Crippen MR) is 158 cm³/mol. The van der Waals surface area contributed by atoms with E-state index in [1.54, 1.807) is 0 Å². The lowest BCUT2D eigenvalue weighted by molar-refractivity contribution is 0.656. The van der Waals surface area contributed by atoms with Crippen LogP contribution in [0.25, 0.3) is 77.3 Å². The summed E-state index contributed by atoms with van der Waals surface area (Å²) in [6.07, 6.45) is 0. The van der Waals surface area contributed by atoms with Crippen molar-refractivity contribution >= 4 is 43.9 Å². The minimum Gasteiger partial charge on any atom is -0.456 e. The summed E-state index contributed by atoms with van der Waals surface area (Å²) in [5, 5.41) is 4.67. The summed E-state index contributed by atoms with van der Waals surface area (Å²) < 4.78 is 13.3. The first-order chi connectivity index (χ1) is 19.3. The van der Waals surface area contributed by atoms with Gasteiger partial charge in [-0.15, -0.1) is 0 Å². The molecule has 2 heterocycles. The summed E-state index contributed by atoms with van der Waals surface area (Å²) in [6.45, 7) is 0. The van der Waals surface area contributed by atoms with Crippen LogP contribution in [0.4, 0.5) is 0 Å². The molecule has 0 radical (unpaired) electrons. The van der Waals surface area contributed by atoms with E-state index in [-0.39, 0.29) is 5.92 Å². The highest BCUT2D eigenvalue weighted by Gasteiger charge is 2.43. The molecular formula is C37H20O2. The van der Waals surface area contributed by atoms with Gasteiger partial charge in [-0.2, -0.15) is 0 Å². The van der Waals surface area contributed by atoms with Gasteiger partial charge in [0, 0.05) is 38.6 Å². The van der Waals surface area contributed by atoms with E-state index in [1.165, 1.54) is 60.8 Å². The molecule has 0 atom stereocenters. The second-order valence-corrected chi connectivity index (χ2v) is 10.8. The summed E-state index contributed by atoms with van der Waals surface area (Å²) >= 11 is 0. The zero-order chi connectivity index (χ0) is 25.2. The van der Waals surface area contributed by atoms with Crippen molar-refractivity contribution in [3.05, 3.63) is 132 Å². The molecule has 2 aliphatic carbocycles. The third kappa shape index (κ3) is 2.38. The van der Waals surface area contributed by atoms with Crippen molar-refractivity contribution in [1.82, 2.24) is 0 Å². The lowest BCUT2D eigenvalue weighted by atomic mass is 9.90. The van der Waals surface area contributed by atoms with Gasteiger partial charge < -0.3 is 8.83 Å². The van der Waals surface area contributed by atoms with E-state index in [9.17, 15) is 0 Å². The van der Waals surface area contributed by atoms with Gasteiger partial charge >= 0.3 is 0 Å². The highest BCUT2D eigenvalue weighted by Crippen LogP contribution is 2.62. The Kier molecular flexibility index (Phi) is 3.51. The SMILES string of the molecule is c1ccc(-c2cc3c4c(c2)-c2ccc5c(oc6ccccc65)c2C4c2c-3ccc3c2oc2ccccc23)cc1. The maximum absolute atomic E-state index is 6.65. The van der Waals surface area contributed by atoms with Crippen molar-refractivity contribution in [3.8, 4) is 33.4 Å². The molecule has 6 aromatic carbocycles. The summed E-state index contributed by atoms with van der Waals surface area (Å²) in [5.74, 6) is 0.0679. The number of rotatable bonds is 1. The lowest BCUT2D eigenvalue weighted by Crippen LogP contribution is -1.96. The second kappa shape index (κ2) is 6.86. The third-order valence-electron chi connectivity index (χ3n) is 8.90. The Morgan fingerprint density at radius 1 is 0.385 bits per heavy atom. The molecule has 10 rings (SSSR count). The number of hydrogen-bond donors (Lipinski definition) is 0. The highest BCUT2D eigenvalue weighted by molar-refractivity contribution is 6.14. The summed E-state index contributed by atoms with van der Waals surface area (Å²) in [4.78, 5) is 0. The molecule has 2 nitrogen and oxygen atoms in total. The quantitative estimate of drug-likeness (QED) is 0.226. The zero-order valence-corrected chi connectivity index (χ0v) is 20.9. The van der Waals surface area contributed by atoms with Gasteiger partial charge in [-0.1, -0.05) is 78.9 Å². The van der Waals surface area contributed by atoms with Crippen LogP contribution >= 0.6 is 0 Å². The molecule has 2 aromatic heterocycles. The average molecular weight is 497 g/mol. The van der Waals surface area contributed by atoms with Gasteiger partial charge in [0.1, 0.15) is 22.3 Å². The van der Waals surface area contributed by atoms with Crippen molar-refractivity contribution in [1.29, 1.82) is 0 Å². The molecule has 0 saturated heterocycles. The molecule has 180 valence electrons. The molecule has 39 heavy (non-hydrogen) atoms. The first-order valence-electron chi connectivity index (χ1n) is 13.5. The van der Waals surface area contributed by atoms with Gasteiger partial charge in [-0.25, -0.2) is 0 Å². The van der Waals surface area contributed by atoms with E-state index in [2.05, 4.69) is 103 Å². The van der Waals surface area contributed by atoms with Crippen molar-refractivity contribution in [3.63, 3.8) is 0 Å². The van der Waals surface area contributed by atoms with E-state index in [0.29, 0.717) is 0 Å². The first kappa shape index (κ1) is 20.0. The maximum Gasteiger partial charge on any atom is 0.140 e. The van der Waals surface area contributed by atoms with Gasteiger partial charge in [0.25, 0.3) is 0 Å². The van der Waals surface area contributed by atoms with Crippen LogP contribution < -0.4 is 0 Å². The number of para-hydroxylation sites is 2. The van der Waals surface area contributed by atoms with Gasteiger partial charge in [0.15, 0.2) is 0 Å². The normalized spacial score (nSPS) is 13.5. The Hall–Kier alpha value is -5.08. The predicted octanol–water partition coefficient (Wildman–Crippen LogP) is 10.3. The second-order valence-electron chi connectivity index (χ2n) is 10.8. The number of hydrogen-bond acceptors (Lipinski definition) is 2. The number of fused-ring (bicyclic) bond motifs is 14. The van der Waals surface area contributed by atoms with Crippen LogP contribution in [0.15, 0.2) is 124 Å². The zero-order valence-electron chi connectivity index (χ0n) is 20.9. The largest absolute Gasteiger partial charge is 0.456 e. The van der Waals surface area contributed by atoms with Gasteiger partial charge in [-0.3, -0.25) is 0 Å². The van der Waals surface area contributed by atoms with E-state index in [4.69, 9.17) is 8.83 Å². The van der Waals surface area contributed by atoms with E-state index >= 15 is 0 Å². The molecule has 0 aliphatic heterocycles. The summed E-state index contributed by atoms with van der Waals surface area (Å²) in [7, 11) is 0. The topological polar surface area (TPSA) is 26.3 Å². The molecule has 0 amide bonds. The fraction of sp³-hybridized carbons (Fsp3) is 0.0270. The summed E-state index contributed by atoms with van der Waals surface area (Å²) in [6, 6.07) is 41.3. The third-order valence-corrected chi connectivity index (χ3v) is 8.90. The van der Waals surface area contributed by atoms with Crippen LogP contribution in [0.2, 0.25) is 0 Å². The molecule has 0 spiro atoms. The Morgan fingerprint density at radius 3 is 1.46 bits per heavy atom. The van der Waals surface area contributed by atoms with Crippen LogP contribution in [0, 0.1) is 0 Å². The minimum absolute atomic E-state index is 0.0679. The van der Waals surface area contributed by atoms with Crippen molar-refractivity contribution < 1.29 is 8.83 Å². The minimum atomic E-state index is 0.0679. The Labute approximate surface area is 223 Å². The number of furan rings is 2. The molecule has 0 N–H and O–H groups in total. The smallest absolute Gasteiger partial charge is 0.140 e. The van der Waals surface area contributed by atoms with Gasteiger partial charge in [0.2, 0.25) is 0 Å². The van der Waals surface area contributed by atoms with Crippen LogP contribution in [0.5, 0.6) is 0 Å². The lowest BCUT2D eigenvalue weighted by Gasteiger charge is -2.12. The standard InChI is InChI=1S/C37H20O2/c1-2-8-20(9-3-1)21-18-28-24-14-16-26-22-10-4-6-12-30(22)38-36(26)33(24)35-32(28)29(19-21)25-15-17-27-23-11-5-7-13-31(23)39-37(27)34(25)35/h1-19,35H. The van der Waals surface area contributed by atoms with Crippen LogP contribution in [0.3, 0.4) is 0 Å². The average Bonchev–Trinajstić information content (AvgIpc) is 3.73. The molecule has 0 unspecified atom stereocenters. The van der Waals surface area contributed by atoms with Crippen molar-refractivity contribution in [2.75, 3.05) is 0 Å². The van der Waals surface area contributed by atoms with E-state index in [0.717, 1.165) is 33.1 Å². The van der Waals surface area contributed by atoms with E-state index < -0.39 is 0 Å². The van der Waals surface area contributed by atoms with Gasteiger partial charge in [-0.05, 0) is 75.3 Å². The molecule has 0 saturated carbocycles. The van der Waals surface area contributed by atoms with Crippen LogP contribution in [-0.4, -0.2) is 0 Å². The molecule has 0 bridgehead atoms. The van der Waals surface area contributed by atoms with Gasteiger partial charge in [0.05, 0.1) is 0 Å². The fourth-order valence-electron chi connectivity index (χ4n) is 7.30. The molecule has 8 aromatic rings. The highest BCUT2D eigenvalue weighted by atomic mass is 16.3. The Bertz CT molecular complexity index is 2190.